The van der Waals surface area contributed by atoms with Gasteiger partial charge in [0.05, 0.1) is 5.02 Å². The molecule has 118 valence electrons. The van der Waals surface area contributed by atoms with E-state index >= 15 is 0 Å². The number of phenolic OH excluding ortho intramolecular Hbond substituents is 1. The fourth-order valence-corrected chi connectivity index (χ4v) is 4.16. The predicted octanol–water partition coefficient (Wildman–Crippen LogP) is 3.99. The lowest BCUT2D eigenvalue weighted by atomic mass is 9.88. The molecule has 2 aliphatic rings. The van der Waals surface area contributed by atoms with Crippen molar-refractivity contribution in [3.8, 4) is 5.75 Å². The van der Waals surface area contributed by atoms with E-state index in [-0.39, 0.29) is 22.7 Å². The SMILES string of the molecule is O=C(c1ccc(Cl)c(O)c1)N1CCCC2c3ccccc3C[C@@H]21. The third-order valence-corrected chi connectivity index (χ3v) is 5.44. The Kier molecular flexibility index (Phi) is 3.53. The van der Waals surface area contributed by atoms with Gasteiger partial charge < -0.3 is 10.0 Å². The molecule has 2 atom stereocenters. The van der Waals surface area contributed by atoms with Crippen molar-refractivity contribution in [1.29, 1.82) is 0 Å². The Bertz CT molecular complexity index is 774. The maximum Gasteiger partial charge on any atom is 0.254 e. The second-order valence-corrected chi connectivity index (χ2v) is 6.79. The Morgan fingerprint density at radius 3 is 2.87 bits per heavy atom. The summed E-state index contributed by atoms with van der Waals surface area (Å²) in [5, 5.41) is 10.0. The monoisotopic (exact) mass is 327 g/mol. The van der Waals surface area contributed by atoms with Gasteiger partial charge >= 0.3 is 0 Å². The molecule has 2 aromatic rings. The topological polar surface area (TPSA) is 40.5 Å². The van der Waals surface area contributed by atoms with E-state index in [0.717, 1.165) is 25.8 Å². The van der Waals surface area contributed by atoms with Crippen molar-refractivity contribution in [2.24, 2.45) is 0 Å². The first-order valence-electron chi connectivity index (χ1n) is 8.02. The smallest absolute Gasteiger partial charge is 0.254 e. The van der Waals surface area contributed by atoms with E-state index in [1.807, 2.05) is 4.90 Å². The maximum atomic E-state index is 12.9. The highest BCUT2D eigenvalue weighted by Crippen LogP contribution is 2.42. The molecule has 3 nitrogen and oxygen atoms in total. The standard InChI is InChI=1S/C19H18ClNO2/c20-16-8-7-13(11-18(16)22)19(23)21-9-3-6-15-14-5-2-1-4-12(14)10-17(15)21/h1-2,4-5,7-8,11,15,17,22H,3,6,9-10H2/t15?,17-/m0/s1. The van der Waals surface area contributed by atoms with E-state index in [9.17, 15) is 9.90 Å². The molecule has 0 aromatic heterocycles. The van der Waals surface area contributed by atoms with Crippen LogP contribution in [0.2, 0.25) is 5.02 Å². The lowest BCUT2D eigenvalue weighted by molar-refractivity contribution is 0.0595. The summed E-state index contributed by atoms with van der Waals surface area (Å²) in [5.74, 6) is 0.380. The summed E-state index contributed by atoms with van der Waals surface area (Å²) in [4.78, 5) is 14.9. The molecule has 4 heteroatoms. The largest absolute Gasteiger partial charge is 0.506 e. The molecule has 1 aliphatic carbocycles. The van der Waals surface area contributed by atoms with Crippen molar-refractivity contribution in [2.45, 2.75) is 31.2 Å². The fraction of sp³-hybridized carbons (Fsp3) is 0.316. The van der Waals surface area contributed by atoms with Gasteiger partial charge in [-0.1, -0.05) is 35.9 Å². The van der Waals surface area contributed by atoms with Crippen molar-refractivity contribution >= 4 is 17.5 Å². The van der Waals surface area contributed by atoms with Crippen LogP contribution in [-0.4, -0.2) is 28.5 Å². The van der Waals surface area contributed by atoms with Gasteiger partial charge in [-0.3, -0.25) is 4.79 Å². The zero-order valence-corrected chi connectivity index (χ0v) is 13.5. The van der Waals surface area contributed by atoms with Crippen molar-refractivity contribution in [2.75, 3.05) is 6.54 Å². The van der Waals surface area contributed by atoms with Crippen LogP contribution in [-0.2, 0) is 6.42 Å². The van der Waals surface area contributed by atoms with Crippen LogP contribution in [0.3, 0.4) is 0 Å². The van der Waals surface area contributed by atoms with Gasteiger partial charge in [0.15, 0.2) is 0 Å². The Labute approximate surface area is 140 Å². The van der Waals surface area contributed by atoms with Crippen LogP contribution < -0.4 is 0 Å². The number of likely N-dealkylation sites (tertiary alicyclic amines) is 1. The quantitative estimate of drug-likeness (QED) is 0.860. The molecule has 1 unspecified atom stereocenters. The molecular weight excluding hydrogens is 310 g/mol. The third-order valence-electron chi connectivity index (χ3n) is 5.12. The number of hydrogen-bond donors (Lipinski definition) is 1. The molecule has 1 aliphatic heterocycles. The number of benzene rings is 2. The first-order chi connectivity index (χ1) is 11.1. The Balaban J connectivity index is 1.65. The van der Waals surface area contributed by atoms with E-state index in [1.54, 1.807) is 12.1 Å². The third kappa shape index (κ3) is 2.40. The number of carbonyl (C=O) groups is 1. The normalized spacial score (nSPS) is 22.6. The summed E-state index contributed by atoms with van der Waals surface area (Å²) in [5.41, 5.74) is 3.26. The minimum atomic E-state index is -0.0409. The van der Waals surface area contributed by atoms with Gasteiger partial charge in [-0.05, 0) is 48.6 Å². The number of halogens is 1. The molecule has 0 bridgehead atoms. The molecule has 1 heterocycles. The van der Waals surface area contributed by atoms with Gasteiger partial charge in [-0.15, -0.1) is 0 Å². The molecular formula is C19H18ClNO2. The van der Waals surface area contributed by atoms with E-state index in [4.69, 9.17) is 11.6 Å². The Morgan fingerprint density at radius 1 is 1.22 bits per heavy atom. The minimum Gasteiger partial charge on any atom is -0.506 e. The predicted molar refractivity (Wildman–Crippen MR) is 90.1 cm³/mol. The Morgan fingerprint density at radius 2 is 2.04 bits per heavy atom. The number of piperidine rings is 1. The first kappa shape index (κ1) is 14.6. The van der Waals surface area contributed by atoms with Crippen molar-refractivity contribution in [3.63, 3.8) is 0 Å². The number of hydrogen-bond acceptors (Lipinski definition) is 2. The van der Waals surface area contributed by atoms with Gasteiger partial charge in [0.2, 0.25) is 0 Å². The highest BCUT2D eigenvalue weighted by atomic mass is 35.5. The van der Waals surface area contributed by atoms with E-state index < -0.39 is 0 Å². The van der Waals surface area contributed by atoms with Crippen LogP contribution in [0.1, 0.15) is 40.2 Å². The van der Waals surface area contributed by atoms with Gasteiger partial charge in [-0.2, -0.15) is 0 Å². The van der Waals surface area contributed by atoms with Gasteiger partial charge in [0.1, 0.15) is 5.75 Å². The highest BCUT2D eigenvalue weighted by Gasteiger charge is 2.40. The highest BCUT2D eigenvalue weighted by molar-refractivity contribution is 6.32. The van der Waals surface area contributed by atoms with Crippen molar-refractivity contribution in [3.05, 3.63) is 64.2 Å². The first-order valence-corrected chi connectivity index (χ1v) is 8.40. The molecule has 2 aromatic carbocycles. The van der Waals surface area contributed by atoms with Crippen molar-refractivity contribution < 1.29 is 9.90 Å². The van der Waals surface area contributed by atoms with E-state index in [0.29, 0.717) is 11.5 Å². The zero-order chi connectivity index (χ0) is 16.0. The van der Waals surface area contributed by atoms with Crippen LogP contribution >= 0.6 is 11.6 Å². The summed E-state index contributed by atoms with van der Waals surface area (Å²) in [6.45, 7) is 0.775. The van der Waals surface area contributed by atoms with Crippen LogP contribution in [0.5, 0.6) is 5.75 Å². The second kappa shape index (κ2) is 5.57. The van der Waals surface area contributed by atoms with Gasteiger partial charge in [-0.25, -0.2) is 0 Å². The summed E-state index contributed by atoms with van der Waals surface area (Å²) in [6, 6.07) is 13.5. The number of amides is 1. The van der Waals surface area contributed by atoms with E-state index in [2.05, 4.69) is 24.3 Å². The van der Waals surface area contributed by atoms with Crippen LogP contribution in [0, 0.1) is 0 Å². The second-order valence-electron chi connectivity index (χ2n) is 6.38. The molecule has 0 saturated carbocycles. The number of nitrogens with zero attached hydrogens (tertiary/aromatic N) is 1. The molecule has 1 saturated heterocycles. The number of aromatic hydroxyl groups is 1. The summed E-state index contributed by atoms with van der Waals surface area (Å²) < 4.78 is 0. The van der Waals surface area contributed by atoms with Crippen molar-refractivity contribution in [1.82, 2.24) is 4.90 Å². The molecule has 1 amide bonds. The molecule has 1 N–H and O–H groups in total. The number of carbonyl (C=O) groups excluding carboxylic acids is 1. The maximum absolute atomic E-state index is 12.9. The van der Waals surface area contributed by atoms with Gasteiger partial charge in [0.25, 0.3) is 5.91 Å². The number of phenols is 1. The molecule has 23 heavy (non-hydrogen) atoms. The number of fused-ring (bicyclic) bond motifs is 3. The summed E-state index contributed by atoms with van der Waals surface area (Å²) >= 11 is 5.85. The van der Waals surface area contributed by atoms with Crippen LogP contribution in [0.4, 0.5) is 0 Å². The lowest BCUT2D eigenvalue weighted by Gasteiger charge is -2.38. The zero-order valence-electron chi connectivity index (χ0n) is 12.7. The molecule has 1 fully saturated rings. The average Bonchev–Trinajstić information content (AvgIpc) is 2.95. The fourth-order valence-electron chi connectivity index (χ4n) is 4.04. The Hall–Kier alpha value is -2.00. The molecule has 4 rings (SSSR count). The van der Waals surface area contributed by atoms with E-state index in [1.165, 1.54) is 17.2 Å². The summed E-state index contributed by atoms with van der Waals surface area (Å²) in [7, 11) is 0. The molecule has 0 spiro atoms. The van der Waals surface area contributed by atoms with Gasteiger partial charge in [0, 0.05) is 24.1 Å². The number of rotatable bonds is 1. The summed E-state index contributed by atoms with van der Waals surface area (Å²) in [6.07, 6.45) is 3.07. The molecule has 0 radical (unpaired) electrons. The average molecular weight is 328 g/mol. The van der Waals surface area contributed by atoms with Crippen LogP contribution in [0.15, 0.2) is 42.5 Å². The lowest BCUT2D eigenvalue weighted by Crippen LogP contribution is -2.46. The van der Waals surface area contributed by atoms with Crippen LogP contribution in [0.25, 0.3) is 0 Å². The minimum absolute atomic E-state index is 0.0144.